The van der Waals surface area contributed by atoms with Crippen molar-refractivity contribution in [2.45, 2.75) is 25.1 Å². The van der Waals surface area contributed by atoms with E-state index in [1.807, 2.05) is 30.0 Å². The van der Waals surface area contributed by atoms with Crippen molar-refractivity contribution in [3.63, 3.8) is 0 Å². The first kappa shape index (κ1) is 14.0. The summed E-state index contributed by atoms with van der Waals surface area (Å²) in [5, 5.41) is 1.28. The molecule has 1 heterocycles. The van der Waals surface area contributed by atoms with Gasteiger partial charge in [-0.1, -0.05) is 24.6 Å². The van der Waals surface area contributed by atoms with Crippen molar-refractivity contribution in [3.8, 4) is 0 Å². The van der Waals surface area contributed by atoms with E-state index in [4.69, 9.17) is 23.2 Å². The summed E-state index contributed by atoms with van der Waals surface area (Å²) >= 11 is 14.0. The number of alkyl halides is 1. The molecule has 0 saturated carbocycles. The lowest BCUT2D eigenvalue weighted by atomic mass is 10.3. The zero-order valence-corrected chi connectivity index (χ0v) is 12.8. The van der Waals surface area contributed by atoms with Crippen molar-refractivity contribution < 1.29 is 0 Å². The van der Waals surface area contributed by atoms with E-state index in [1.54, 1.807) is 0 Å². The monoisotopic (exact) mass is 302 g/mol. The van der Waals surface area contributed by atoms with E-state index in [-0.39, 0.29) is 0 Å². The van der Waals surface area contributed by atoms with Gasteiger partial charge in [0.2, 0.25) is 0 Å². The Morgan fingerprint density at radius 3 is 2.89 bits per heavy atom. The SMILES string of the molecule is CSC(C)Cn1c(CCCl)nc2cccc(Cl)c21. The molecule has 0 aliphatic rings. The Bertz CT molecular complexity index is 539. The Hall–Kier alpha value is -0.380. The number of hydrogen-bond acceptors (Lipinski definition) is 2. The van der Waals surface area contributed by atoms with Gasteiger partial charge in [0.25, 0.3) is 0 Å². The molecule has 18 heavy (non-hydrogen) atoms. The molecule has 1 aromatic carbocycles. The maximum atomic E-state index is 6.30. The fourth-order valence-electron chi connectivity index (χ4n) is 1.99. The summed E-state index contributed by atoms with van der Waals surface area (Å²) in [6, 6.07) is 5.85. The van der Waals surface area contributed by atoms with E-state index in [2.05, 4.69) is 22.7 Å². The number of imidazole rings is 1. The molecular formula is C13H16Cl2N2S. The first-order chi connectivity index (χ1) is 8.67. The highest BCUT2D eigenvalue weighted by molar-refractivity contribution is 7.99. The van der Waals surface area contributed by atoms with Gasteiger partial charge < -0.3 is 4.57 Å². The molecule has 0 radical (unpaired) electrons. The number of para-hydroxylation sites is 1. The van der Waals surface area contributed by atoms with Gasteiger partial charge in [0.05, 0.1) is 16.1 Å². The molecule has 0 bridgehead atoms. The number of aromatic nitrogens is 2. The molecule has 1 unspecified atom stereocenters. The van der Waals surface area contributed by atoms with Gasteiger partial charge in [0, 0.05) is 24.1 Å². The van der Waals surface area contributed by atoms with Crippen LogP contribution in [0.5, 0.6) is 0 Å². The lowest BCUT2D eigenvalue weighted by Crippen LogP contribution is -2.12. The molecule has 2 nitrogen and oxygen atoms in total. The number of aryl methyl sites for hydroxylation is 1. The molecule has 5 heteroatoms. The van der Waals surface area contributed by atoms with Gasteiger partial charge in [-0.15, -0.1) is 11.6 Å². The number of rotatable bonds is 5. The van der Waals surface area contributed by atoms with Gasteiger partial charge in [0.1, 0.15) is 5.82 Å². The Morgan fingerprint density at radius 2 is 2.22 bits per heavy atom. The van der Waals surface area contributed by atoms with Gasteiger partial charge >= 0.3 is 0 Å². The molecule has 0 aliphatic carbocycles. The van der Waals surface area contributed by atoms with Crippen LogP contribution in [0.25, 0.3) is 11.0 Å². The molecular weight excluding hydrogens is 287 g/mol. The van der Waals surface area contributed by atoms with Gasteiger partial charge in [-0.3, -0.25) is 0 Å². The molecule has 0 spiro atoms. The average Bonchev–Trinajstić information content (AvgIpc) is 2.69. The summed E-state index contributed by atoms with van der Waals surface area (Å²) < 4.78 is 2.21. The van der Waals surface area contributed by atoms with Crippen molar-refractivity contribution in [2.75, 3.05) is 12.1 Å². The highest BCUT2D eigenvalue weighted by Crippen LogP contribution is 2.26. The molecule has 0 amide bonds. The Labute approximate surface area is 122 Å². The Morgan fingerprint density at radius 1 is 1.44 bits per heavy atom. The van der Waals surface area contributed by atoms with Crippen LogP contribution in [-0.4, -0.2) is 26.9 Å². The van der Waals surface area contributed by atoms with E-state index in [9.17, 15) is 0 Å². The van der Waals surface area contributed by atoms with Crippen LogP contribution in [0.1, 0.15) is 12.7 Å². The van der Waals surface area contributed by atoms with Crippen LogP contribution >= 0.6 is 35.0 Å². The smallest absolute Gasteiger partial charge is 0.111 e. The number of hydrogen-bond donors (Lipinski definition) is 0. The number of thioether (sulfide) groups is 1. The minimum atomic E-state index is 0.521. The van der Waals surface area contributed by atoms with E-state index in [0.29, 0.717) is 11.1 Å². The average molecular weight is 303 g/mol. The van der Waals surface area contributed by atoms with Crippen LogP contribution in [0.15, 0.2) is 18.2 Å². The summed E-state index contributed by atoms with van der Waals surface area (Å²) in [4.78, 5) is 4.64. The van der Waals surface area contributed by atoms with Crippen LogP contribution in [0.4, 0.5) is 0 Å². The second-order valence-corrected chi connectivity index (χ2v) is 6.29. The predicted octanol–water partition coefficient (Wildman–Crippen LogP) is 4.22. The number of benzene rings is 1. The number of fused-ring (bicyclic) bond motifs is 1. The lowest BCUT2D eigenvalue weighted by Gasteiger charge is -2.13. The first-order valence-electron chi connectivity index (χ1n) is 5.89. The first-order valence-corrected chi connectivity index (χ1v) is 8.09. The summed E-state index contributed by atoms with van der Waals surface area (Å²) in [6.45, 7) is 3.12. The van der Waals surface area contributed by atoms with Crippen LogP contribution in [0, 0.1) is 0 Å². The zero-order valence-electron chi connectivity index (χ0n) is 10.5. The van der Waals surface area contributed by atoms with Gasteiger partial charge in [-0.2, -0.15) is 11.8 Å². The van der Waals surface area contributed by atoms with E-state index < -0.39 is 0 Å². The van der Waals surface area contributed by atoms with Crippen molar-refractivity contribution in [3.05, 3.63) is 29.0 Å². The molecule has 0 saturated heterocycles. The van der Waals surface area contributed by atoms with Crippen molar-refractivity contribution >= 4 is 46.0 Å². The molecule has 0 aliphatic heterocycles. The summed E-state index contributed by atoms with van der Waals surface area (Å²) in [5.74, 6) is 1.60. The maximum absolute atomic E-state index is 6.30. The normalized spacial score (nSPS) is 13.1. The maximum Gasteiger partial charge on any atom is 0.111 e. The van der Waals surface area contributed by atoms with Crippen LogP contribution in [-0.2, 0) is 13.0 Å². The fourth-order valence-corrected chi connectivity index (χ4v) is 2.73. The van der Waals surface area contributed by atoms with Crippen molar-refractivity contribution in [1.82, 2.24) is 9.55 Å². The quantitative estimate of drug-likeness (QED) is 0.770. The van der Waals surface area contributed by atoms with Crippen LogP contribution in [0.3, 0.4) is 0 Å². The second kappa shape index (κ2) is 6.18. The largest absolute Gasteiger partial charge is 0.326 e. The third-order valence-corrected chi connectivity index (χ3v) is 4.40. The molecule has 98 valence electrons. The van der Waals surface area contributed by atoms with Gasteiger partial charge in [0.15, 0.2) is 0 Å². The number of halogens is 2. The topological polar surface area (TPSA) is 17.8 Å². The van der Waals surface area contributed by atoms with Crippen molar-refractivity contribution in [2.24, 2.45) is 0 Å². The molecule has 2 aromatic rings. The molecule has 0 N–H and O–H groups in total. The minimum absolute atomic E-state index is 0.521. The number of nitrogens with zero attached hydrogens (tertiary/aromatic N) is 2. The summed E-state index contributed by atoms with van der Waals surface area (Å²) in [5.41, 5.74) is 1.98. The second-order valence-electron chi connectivity index (χ2n) is 4.23. The zero-order chi connectivity index (χ0) is 13.1. The van der Waals surface area contributed by atoms with Crippen molar-refractivity contribution in [1.29, 1.82) is 0 Å². The molecule has 1 aromatic heterocycles. The highest BCUT2D eigenvalue weighted by atomic mass is 35.5. The predicted molar refractivity (Wildman–Crippen MR) is 82.1 cm³/mol. The van der Waals surface area contributed by atoms with Crippen LogP contribution in [0.2, 0.25) is 5.02 Å². The minimum Gasteiger partial charge on any atom is -0.326 e. The van der Waals surface area contributed by atoms with Crippen LogP contribution < -0.4 is 0 Å². The highest BCUT2D eigenvalue weighted by Gasteiger charge is 2.14. The van der Waals surface area contributed by atoms with Gasteiger partial charge in [-0.25, -0.2) is 4.98 Å². The summed E-state index contributed by atoms with van der Waals surface area (Å²) in [7, 11) is 0. The third-order valence-electron chi connectivity index (χ3n) is 2.96. The third kappa shape index (κ3) is 2.79. The van der Waals surface area contributed by atoms with E-state index in [1.165, 1.54) is 0 Å². The fraction of sp³-hybridized carbons (Fsp3) is 0.462. The van der Waals surface area contributed by atoms with E-state index in [0.717, 1.165) is 34.8 Å². The molecule has 1 atom stereocenters. The molecule has 0 fully saturated rings. The van der Waals surface area contributed by atoms with E-state index >= 15 is 0 Å². The Kier molecular flexibility index (Phi) is 4.82. The van der Waals surface area contributed by atoms with Gasteiger partial charge in [-0.05, 0) is 18.4 Å². The summed E-state index contributed by atoms with van der Waals surface area (Å²) in [6.07, 6.45) is 2.89. The molecule has 2 rings (SSSR count). The standard InChI is InChI=1S/C13H16Cl2N2S/c1-9(18-2)8-17-12(6-7-14)16-11-5-3-4-10(15)13(11)17/h3-5,9H,6-8H2,1-2H3. The lowest BCUT2D eigenvalue weighted by molar-refractivity contribution is 0.672. The Balaban J connectivity index is 2.53.